The Balaban J connectivity index is 1.56. The third kappa shape index (κ3) is 5.76. The highest BCUT2D eigenvalue weighted by Gasteiger charge is 2.06. The van der Waals surface area contributed by atoms with Gasteiger partial charge >= 0.3 is 0 Å². The van der Waals surface area contributed by atoms with Gasteiger partial charge in [0, 0.05) is 25.7 Å². The fourth-order valence-corrected chi connectivity index (χ4v) is 3.35. The van der Waals surface area contributed by atoms with E-state index in [4.69, 9.17) is 0 Å². The van der Waals surface area contributed by atoms with Crippen LogP contribution in [0.1, 0.15) is 33.6 Å². The number of hydrogen-bond donors (Lipinski definition) is 1. The quantitative estimate of drug-likeness (QED) is 0.624. The number of nitrogens with zero attached hydrogens (tertiary/aromatic N) is 2. The summed E-state index contributed by atoms with van der Waals surface area (Å²) in [6.07, 6.45) is 2.78. The van der Waals surface area contributed by atoms with Gasteiger partial charge in [0.05, 0.1) is 4.88 Å². The van der Waals surface area contributed by atoms with Crippen LogP contribution in [-0.2, 0) is 11.3 Å². The van der Waals surface area contributed by atoms with Crippen molar-refractivity contribution >= 4 is 23.2 Å². The van der Waals surface area contributed by atoms with Crippen molar-refractivity contribution in [1.82, 2.24) is 9.88 Å². The largest absolute Gasteiger partial charge is 0.351 e. The van der Waals surface area contributed by atoms with Crippen molar-refractivity contribution in [2.75, 3.05) is 6.54 Å². The number of thiophene rings is 1. The number of hydrogen-bond acceptors (Lipinski definition) is 3. The van der Waals surface area contributed by atoms with Gasteiger partial charge in [-0.25, -0.2) is 0 Å². The maximum atomic E-state index is 12.2. The Morgan fingerprint density at radius 3 is 2.64 bits per heavy atom. The van der Waals surface area contributed by atoms with Crippen LogP contribution in [0.5, 0.6) is 0 Å². The van der Waals surface area contributed by atoms with Gasteiger partial charge in [-0.15, -0.1) is 11.3 Å². The number of rotatable bonds is 7. The molecule has 0 radical (unpaired) electrons. The Hall–Kier alpha value is -2.99. The first-order chi connectivity index (χ1) is 13.6. The molecule has 0 saturated carbocycles. The van der Waals surface area contributed by atoms with Crippen LogP contribution in [0.4, 0.5) is 0 Å². The van der Waals surface area contributed by atoms with Crippen molar-refractivity contribution in [2.24, 2.45) is 4.99 Å². The topological polar surface area (TPSA) is 63.5 Å². The van der Waals surface area contributed by atoms with Crippen LogP contribution < -0.4 is 10.8 Å². The summed E-state index contributed by atoms with van der Waals surface area (Å²) < 4.78 is 1.96. The number of benzene rings is 1. The molecule has 2 amide bonds. The molecule has 1 N–H and O–H groups in total. The molecule has 0 spiro atoms. The van der Waals surface area contributed by atoms with E-state index >= 15 is 0 Å². The Bertz CT molecular complexity index is 989. The van der Waals surface area contributed by atoms with Gasteiger partial charge in [-0.1, -0.05) is 42.0 Å². The second-order valence-corrected chi connectivity index (χ2v) is 7.46. The zero-order valence-electron chi connectivity index (χ0n) is 15.8. The first kappa shape index (κ1) is 19.8. The molecule has 0 unspecified atom stereocenters. The molecule has 0 atom stereocenters. The summed E-state index contributed by atoms with van der Waals surface area (Å²) in [5, 5.41) is 4.69. The number of amides is 2. The Labute approximate surface area is 168 Å². The average Bonchev–Trinajstić information content (AvgIpc) is 3.23. The molecule has 0 saturated heterocycles. The highest BCUT2D eigenvalue weighted by atomic mass is 32.1. The van der Waals surface area contributed by atoms with Gasteiger partial charge in [-0.05, 0) is 42.5 Å². The van der Waals surface area contributed by atoms with Gasteiger partial charge in [0.2, 0.25) is 5.91 Å². The van der Waals surface area contributed by atoms with E-state index < -0.39 is 0 Å². The van der Waals surface area contributed by atoms with Gasteiger partial charge in [-0.3, -0.25) is 9.59 Å². The van der Waals surface area contributed by atoms with E-state index in [1.54, 1.807) is 6.07 Å². The minimum Gasteiger partial charge on any atom is -0.351 e. The average molecular weight is 394 g/mol. The molecule has 2 aromatic heterocycles. The third-order valence-electron chi connectivity index (χ3n) is 4.23. The number of pyridine rings is 1. The van der Waals surface area contributed by atoms with Gasteiger partial charge < -0.3 is 9.88 Å². The van der Waals surface area contributed by atoms with Gasteiger partial charge in [-0.2, -0.15) is 4.99 Å². The highest BCUT2D eigenvalue weighted by Crippen LogP contribution is 2.07. The first-order valence-electron chi connectivity index (χ1n) is 9.22. The summed E-state index contributed by atoms with van der Waals surface area (Å²) in [6, 6.07) is 17.6. The summed E-state index contributed by atoms with van der Waals surface area (Å²) in [5.74, 6) is -0.285. The predicted octanol–water partition coefficient (Wildman–Crippen LogP) is 3.54. The molecular formula is C22H23N3O2S. The lowest BCUT2D eigenvalue weighted by molar-refractivity contribution is -0.118. The standard InChI is InChI=1S/C22H23N3O2S/c1-17-9-11-18(12-10-17)16-25-14-3-2-7-20(25)24-21(26)8-4-13-23-22(27)19-6-5-15-28-19/h2-3,5-7,9-12,14-15H,4,8,13,16H2,1H3,(H,23,27). The van der Waals surface area contributed by atoms with E-state index in [2.05, 4.69) is 41.5 Å². The SMILES string of the molecule is Cc1ccc(Cn2ccccc2=NC(=O)CCCNC(=O)c2cccs2)cc1. The Morgan fingerprint density at radius 2 is 1.89 bits per heavy atom. The zero-order chi connectivity index (χ0) is 19.8. The van der Waals surface area contributed by atoms with Gasteiger partial charge in [0.15, 0.2) is 0 Å². The summed E-state index contributed by atoms with van der Waals surface area (Å²) >= 11 is 1.40. The van der Waals surface area contributed by atoms with E-state index in [9.17, 15) is 9.59 Å². The van der Waals surface area contributed by atoms with Crippen molar-refractivity contribution in [3.63, 3.8) is 0 Å². The summed E-state index contributed by atoms with van der Waals surface area (Å²) in [6.45, 7) is 3.17. The minimum absolute atomic E-state index is 0.0987. The van der Waals surface area contributed by atoms with Gasteiger partial charge in [0.25, 0.3) is 5.91 Å². The molecule has 2 heterocycles. The molecule has 6 heteroatoms. The van der Waals surface area contributed by atoms with E-state index in [1.165, 1.54) is 16.9 Å². The molecule has 5 nitrogen and oxygen atoms in total. The van der Waals surface area contributed by atoms with Gasteiger partial charge in [0.1, 0.15) is 5.49 Å². The van der Waals surface area contributed by atoms with Crippen LogP contribution in [-0.4, -0.2) is 22.9 Å². The first-order valence-corrected chi connectivity index (χ1v) is 10.1. The number of carbonyl (C=O) groups is 2. The minimum atomic E-state index is -0.186. The maximum Gasteiger partial charge on any atom is 0.261 e. The Kier molecular flexibility index (Phi) is 6.92. The molecule has 28 heavy (non-hydrogen) atoms. The number of aromatic nitrogens is 1. The lowest BCUT2D eigenvalue weighted by atomic mass is 10.1. The van der Waals surface area contributed by atoms with Crippen LogP contribution in [0.3, 0.4) is 0 Å². The molecule has 1 aromatic carbocycles. The van der Waals surface area contributed by atoms with Crippen LogP contribution in [0.15, 0.2) is 71.2 Å². The van der Waals surface area contributed by atoms with Crippen LogP contribution >= 0.6 is 11.3 Å². The zero-order valence-corrected chi connectivity index (χ0v) is 16.6. The van der Waals surface area contributed by atoms with E-state index in [-0.39, 0.29) is 11.8 Å². The molecule has 0 aliphatic carbocycles. The fourth-order valence-electron chi connectivity index (χ4n) is 2.71. The molecule has 3 aromatic rings. The van der Waals surface area contributed by atoms with Crippen LogP contribution in [0, 0.1) is 6.92 Å². The fraction of sp³-hybridized carbons (Fsp3) is 0.227. The monoisotopic (exact) mass is 393 g/mol. The molecule has 0 bridgehead atoms. The van der Waals surface area contributed by atoms with Crippen LogP contribution in [0.2, 0.25) is 0 Å². The lowest BCUT2D eigenvalue weighted by Crippen LogP contribution is -2.24. The smallest absolute Gasteiger partial charge is 0.261 e. The molecule has 0 fully saturated rings. The summed E-state index contributed by atoms with van der Waals surface area (Å²) in [4.78, 5) is 29.0. The second kappa shape index (κ2) is 9.80. The molecule has 0 aliphatic heterocycles. The van der Waals surface area contributed by atoms with Crippen molar-refractivity contribution in [2.45, 2.75) is 26.3 Å². The summed E-state index contributed by atoms with van der Waals surface area (Å²) in [7, 11) is 0. The highest BCUT2D eigenvalue weighted by molar-refractivity contribution is 7.12. The summed E-state index contributed by atoms with van der Waals surface area (Å²) in [5.41, 5.74) is 3.01. The molecular weight excluding hydrogens is 370 g/mol. The Morgan fingerprint density at radius 1 is 1.07 bits per heavy atom. The van der Waals surface area contributed by atoms with Crippen molar-refractivity contribution in [3.8, 4) is 0 Å². The van der Waals surface area contributed by atoms with E-state index in [0.717, 1.165) is 5.56 Å². The normalized spacial score (nSPS) is 11.4. The predicted molar refractivity (Wildman–Crippen MR) is 111 cm³/mol. The van der Waals surface area contributed by atoms with E-state index in [1.807, 2.05) is 40.4 Å². The third-order valence-corrected chi connectivity index (χ3v) is 5.10. The van der Waals surface area contributed by atoms with Crippen molar-refractivity contribution < 1.29 is 9.59 Å². The lowest BCUT2D eigenvalue weighted by Gasteiger charge is -2.08. The van der Waals surface area contributed by atoms with Crippen LogP contribution in [0.25, 0.3) is 0 Å². The molecule has 144 valence electrons. The second-order valence-electron chi connectivity index (χ2n) is 6.51. The van der Waals surface area contributed by atoms with E-state index in [0.29, 0.717) is 36.3 Å². The van der Waals surface area contributed by atoms with Crippen molar-refractivity contribution in [3.05, 3.63) is 87.7 Å². The number of aryl methyl sites for hydroxylation is 1. The molecule has 3 rings (SSSR count). The van der Waals surface area contributed by atoms with Crippen molar-refractivity contribution in [1.29, 1.82) is 0 Å². The maximum absolute atomic E-state index is 12.2. The molecule has 0 aliphatic rings. The number of carbonyl (C=O) groups excluding carboxylic acids is 2. The number of nitrogens with one attached hydrogen (secondary N) is 1.